The first-order valence-electron chi connectivity index (χ1n) is 5.50. The predicted molar refractivity (Wildman–Crippen MR) is 79.9 cm³/mol. The molecule has 3 nitrogen and oxygen atoms in total. The molecule has 0 amide bonds. The van der Waals surface area contributed by atoms with Crippen molar-refractivity contribution in [1.29, 1.82) is 0 Å². The van der Waals surface area contributed by atoms with Gasteiger partial charge in [-0.05, 0) is 33.6 Å². The van der Waals surface area contributed by atoms with Crippen molar-refractivity contribution in [2.75, 3.05) is 5.73 Å². The lowest BCUT2D eigenvalue weighted by Gasteiger charge is -2.19. The van der Waals surface area contributed by atoms with Gasteiger partial charge in [0.2, 0.25) is 0 Å². The second-order valence-electron chi connectivity index (χ2n) is 5.13. The SMILES string of the molecule is CC(C)(C)c1ccc(-c2[nH]nc(N)c2I)cc1. The normalized spacial score (nSPS) is 11.8. The molecule has 2 aromatic rings. The maximum absolute atomic E-state index is 5.73. The molecule has 0 bridgehead atoms. The lowest BCUT2D eigenvalue weighted by Crippen LogP contribution is -2.10. The molecule has 0 radical (unpaired) electrons. The quantitative estimate of drug-likeness (QED) is 0.780. The number of nitrogens with zero attached hydrogens (tertiary/aromatic N) is 1. The van der Waals surface area contributed by atoms with E-state index in [0.717, 1.165) is 14.8 Å². The Bertz CT molecular complexity index is 521. The molecule has 1 heterocycles. The van der Waals surface area contributed by atoms with Gasteiger partial charge in [0.1, 0.15) is 0 Å². The summed E-state index contributed by atoms with van der Waals surface area (Å²) in [5, 5.41) is 6.97. The third-order valence-corrected chi connectivity index (χ3v) is 3.86. The van der Waals surface area contributed by atoms with Crippen molar-refractivity contribution >= 4 is 28.4 Å². The number of rotatable bonds is 1. The van der Waals surface area contributed by atoms with E-state index in [1.54, 1.807) is 0 Å². The first-order valence-corrected chi connectivity index (χ1v) is 6.57. The second kappa shape index (κ2) is 4.33. The molecule has 90 valence electrons. The van der Waals surface area contributed by atoms with Crippen molar-refractivity contribution in [3.05, 3.63) is 33.4 Å². The molecule has 0 saturated heterocycles. The number of nitrogen functional groups attached to an aromatic ring is 1. The maximum Gasteiger partial charge on any atom is 0.159 e. The van der Waals surface area contributed by atoms with Crippen molar-refractivity contribution in [3.63, 3.8) is 0 Å². The number of anilines is 1. The summed E-state index contributed by atoms with van der Waals surface area (Å²) >= 11 is 2.21. The van der Waals surface area contributed by atoms with E-state index in [2.05, 4.69) is 77.8 Å². The second-order valence-corrected chi connectivity index (χ2v) is 6.20. The van der Waals surface area contributed by atoms with Crippen LogP contribution in [0.1, 0.15) is 26.3 Å². The summed E-state index contributed by atoms with van der Waals surface area (Å²) in [7, 11) is 0. The fourth-order valence-electron chi connectivity index (χ4n) is 1.67. The van der Waals surface area contributed by atoms with Gasteiger partial charge >= 0.3 is 0 Å². The highest BCUT2D eigenvalue weighted by atomic mass is 127. The van der Waals surface area contributed by atoms with Crippen LogP contribution in [0.5, 0.6) is 0 Å². The van der Waals surface area contributed by atoms with Gasteiger partial charge in [-0.3, -0.25) is 5.10 Å². The molecule has 0 spiro atoms. The van der Waals surface area contributed by atoms with Crippen LogP contribution in [0.25, 0.3) is 11.3 Å². The molecule has 4 heteroatoms. The Morgan fingerprint density at radius 3 is 2.18 bits per heavy atom. The van der Waals surface area contributed by atoms with E-state index in [1.807, 2.05) is 0 Å². The average Bonchev–Trinajstić information content (AvgIpc) is 2.59. The molecule has 0 unspecified atom stereocenters. The van der Waals surface area contributed by atoms with E-state index in [0.29, 0.717) is 5.82 Å². The number of aromatic nitrogens is 2. The predicted octanol–water partition coefficient (Wildman–Crippen LogP) is 3.56. The van der Waals surface area contributed by atoms with Crippen molar-refractivity contribution in [2.45, 2.75) is 26.2 Å². The third-order valence-electron chi connectivity index (χ3n) is 2.77. The summed E-state index contributed by atoms with van der Waals surface area (Å²) in [6.07, 6.45) is 0. The summed E-state index contributed by atoms with van der Waals surface area (Å²) in [5.41, 5.74) is 9.34. The Labute approximate surface area is 115 Å². The number of aromatic amines is 1. The molecule has 0 saturated carbocycles. The number of halogens is 1. The first kappa shape index (κ1) is 12.4. The molecule has 17 heavy (non-hydrogen) atoms. The molecule has 0 aliphatic rings. The highest BCUT2D eigenvalue weighted by Gasteiger charge is 2.14. The molecule has 1 aromatic heterocycles. The van der Waals surface area contributed by atoms with Crippen molar-refractivity contribution in [3.8, 4) is 11.3 Å². The highest BCUT2D eigenvalue weighted by molar-refractivity contribution is 14.1. The number of nitrogens with one attached hydrogen (secondary N) is 1. The van der Waals surface area contributed by atoms with Crippen LogP contribution in [-0.2, 0) is 5.41 Å². The molecule has 0 aliphatic heterocycles. The summed E-state index contributed by atoms with van der Waals surface area (Å²) in [6.45, 7) is 6.62. The minimum absolute atomic E-state index is 0.179. The number of hydrogen-bond donors (Lipinski definition) is 2. The van der Waals surface area contributed by atoms with Crippen LogP contribution in [-0.4, -0.2) is 10.2 Å². The van der Waals surface area contributed by atoms with Crippen LogP contribution in [0.4, 0.5) is 5.82 Å². The zero-order chi connectivity index (χ0) is 12.6. The van der Waals surface area contributed by atoms with E-state index in [-0.39, 0.29) is 5.41 Å². The average molecular weight is 341 g/mol. The zero-order valence-corrected chi connectivity index (χ0v) is 12.4. The number of hydrogen-bond acceptors (Lipinski definition) is 2. The van der Waals surface area contributed by atoms with Crippen molar-refractivity contribution in [2.24, 2.45) is 0 Å². The highest BCUT2D eigenvalue weighted by Crippen LogP contribution is 2.29. The molecule has 0 fully saturated rings. The van der Waals surface area contributed by atoms with Gasteiger partial charge < -0.3 is 5.73 Å². The van der Waals surface area contributed by atoms with Gasteiger partial charge in [0.05, 0.1) is 9.26 Å². The fourth-order valence-corrected chi connectivity index (χ4v) is 2.22. The number of nitrogens with two attached hydrogens (primary N) is 1. The fraction of sp³-hybridized carbons (Fsp3) is 0.308. The van der Waals surface area contributed by atoms with E-state index < -0.39 is 0 Å². The lowest BCUT2D eigenvalue weighted by atomic mass is 9.86. The maximum atomic E-state index is 5.73. The number of H-pyrrole nitrogens is 1. The van der Waals surface area contributed by atoms with Crippen LogP contribution in [0.2, 0.25) is 0 Å². The van der Waals surface area contributed by atoms with E-state index in [9.17, 15) is 0 Å². The zero-order valence-electron chi connectivity index (χ0n) is 10.2. The van der Waals surface area contributed by atoms with Gasteiger partial charge in [0, 0.05) is 5.56 Å². The molecule has 1 aromatic carbocycles. The molecule has 0 aliphatic carbocycles. The van der Waals surface area contributed by atoms with Gasteiger partial charge in [-0.15, -0.1) is 0 Å². The van der Waals surface area contributed by atoms with Gasteiger partial charge in [0.15, 0.2) is 5.82 Å². The minimum atomic E-state index is 0.179. The standard InChI is InChI=1S/C13H16IN3/c1-13(2,3)9-6-4-8(5-7-9)11-10(14)12(15)17-16-11/h4-7H,1-3H3,(H3,15,16,17). The first-order chi connectivity index (χ1) is 7.89. The Balaban J connectivity index is 2.40. The van der Waals surface area contributed by atoms with E-state index in [4.69, 9.17) is 5.73 Å². The van der Waals surface area contributed by atoms with Crippen LogP contribution in [0.3, 0.4) is 0 Å². The van der Waals surface area contributed by atoms with Gasteiger partial charge in [-0.25, -0.2) is 0 Å². The van der Waals surface area contributed by atoms with Gasteiger partial charge in [-0.2, -0.15) is 5.10 Å². The summed E-state index contributed by atoms with van der Waals surface area (Å²) < 4.78 is 0.978. The molecule has 2 rings (SSSR count). The largest absolute Gasteiger partial charge is 0.381 e. The van der Waals surface area contributed by atoms with Gasteiger partial charge in [-0.1, -0.05) is 45.0 Å². The Hall–Kier alpha value is -1.04. The minimum Gasteiger partial charge on any atom is -0.381 e. The van der Waals surface area contributed by atoms with Crippen LogP contribution >= 0.6 is 22.6 Å². The van der Waals surface area contributed by atoms with E-state index >= 15 is 0 Å². The summed E-state index contributed by atoms with van der Waals surface area (Å²) in [5.74, 6) is 0.556. The van der Waals surface area contributed by atoms with Crippen LogP contribution in [0.15, 0.2) is 24.3 Å². The van der Waals surface area contributed by atoms with Crippen LogP contribution in [0, 0.1) is 3.57 Å². The molecular weight excluding hydrogens is 325 g/mol. The Morgan fingerprint density at radius 1 is 1.18 bits per heavy atom. The van der Waals surface area contributed by atoms with E-state index in [1.165, 1.54) is 5.56 Å². The topological polar surface area (TPSA) is 54.7 Å². The lowest BCUT2D eigenvalue weighted by molar-refractivity contribution is 0.590. The third kappa shape index (κ3) is 2.46. The van der Waals surface area contributed by atoms with Gasteiger partial charge in [0.25, 0.3) is 0 Å². The summed E-state index contributed by atoms with van der Waals surface area (Å²) in [4.78, 5) is 0. The molecule has 0 atom stereocenters. The molecule has 3 N–H and O–H groups in total. The van der Waals surface area contributed by atoms with Crippen LogP contribution < -0.4 is 5.73 Å². The number of benzene rings is 1. The Kier molecular flexibility index (Phi) is 3.16. The monoisotopic (exact) mass is 341 g/mol. The summed E-state index contributed by atoms with van der Waals surface area (Å²) in [6, 6.07) is 8.52. The van der Waals surface area contributed by atoms with Crippen molar-refractivity contribution < 1.29 is 0 Å². The smallest absolute Gasteiger partial charge is 0.159 e. The molecular formula is C13H16IN3. The van der Waals surface area contributed by atoms with Crippen molar-refractivity contribution in [1.82, 2.24) is 10.2 Å². The Morgan fingerprint density at radius 2 is 1.76 bits per heavy atom.